The molecule has 33 heavy (non-hydrogen) atoms. The summed E-state index contributed by atoms with van der Waals surface area (Å²) in [6, 6.07) is 17.4. The molecule has 0 bridgehead atoms. The Morgan fingerprint density at radius 3 is 2.39 bits per heavy atom. The van der Waals surface area contributed by atoms with Crippen molar-refractivity contribution < 1.29 is 26.4 Å². The zero-order chi connectivity index (χ0) is 23.8. The largest absolute Gasteiger partial charge is 0.417 e. The minimum absolute atomic E-state index is 0.00148. The maximum atomic E-state index is 13.4. The summed E-state index contributed by atoms with van der Waals surface area (Å²) in [7, 11) is -3.95. The molecule has 4 aromatic rings. The molecule has 0 aliphatic heterocycles. The molecule has 0 unspecified atom stereocenters. The Hall–Kier alpha value is -3.83. The topological polar surface area (TPSA) is 117 Å². The van der Waals surface area contributed by atoms with Crippen molar-refractivity contribution >= 4 is 38.4 Å². The van der Waals surface area contributed by atoms with Crippen molar-refractivity contribution in [1.82, 2.24) is 4.98 Å². The third kappa shape index (κ3) is 5.16. The van der Waals surface area contributed by atoms with Crippen LogP contribution in [0.25, 0.3) is 22.0 Å². The Morgan fingerprint density at radius 2 is 1.67 bits per heavy atom. The van der Waals surface area contributed by atoms with Gasteiger partial charge < -0.3 is 10.3 Å². The molecule has 7 nitrogen and oxygen atoms in total. The first kappa shape index (κ1) is 22.4. The van der Waals surface area contributed by atoms with Crippen LogP contribution >= 0.6 is 0 Å². The van der Waals surface area contributed by atoms with Gasteiger partial charge in [-0.05, 0) is 47.5 Å². The zero-order valence-corrected chi connectivity index (χ0v) is 17.6. The molecule has 0 fully saturated rings. The molecule has 1 aromatic heterocycles. The van der Waals surface area contributed by atoms with Gasteiger partial charge in [0, 0.05) is 16.6 Å². The molecule has 1 amide bonds. The van der Waals surface area contributed by atoms with Crippen molar-refractivity contribution in [3.63, 3.8) is 0 Å². The third-order valence-corrected chi connectivity index (χ3v) is 5.31. The van der Waals surface area contributed by atoms with Crippen LogP contribution in [0, 0.1) is 0 Å². The summed E-state index contributed by atoms with van der Waals surface area (Å²) in [4.78, 5) is 15.6. The van der Waals surface area contributed by atoms with Crippen molar-refractivity contribution in [3.05, 3.63) is 84.1 Å². The summed E-state index contributed by atoms with van der Waals surface area (Å²) in [5, 5.41) is 8.27. The molecule has 0 radical (unpaired) electrons. The molecule has 0 aliphatic rings. The van der Waals surface area contributed by atoms with Crippen LogP contribution in [0.15, 0.2) is 72.8 Å². The molecule has 3 aromatic carbocycles. The molecule has 11 heteroatoms. The van der Waals surface area contributed by atoms with Crippen molar-refractivity contribution in [1.29, 1.82) is 0 Å². The van der Waals surface area contributed by atoms with E-state index >= 15 is 0 Å². The van der Waals surface area contributed by atoms with Crippen LogP contribution in [0.1, 0.15) is 16.1 Å². The fourth-order valence-electron chi connectivity index (χ4n) is 3.42. The van der Waals surface area contributed by atoms with Gasteiger partial charge in [-0.3, -0.25) is 9.52 Å². The number of anilines is 2. The number of aromatic amines is 1. The number of nitrogens with one attached hydrogen (secondary N) is 3. The maximum Gasteiger partial charge on any atom is 0.417 e. The Balaban J connectivity index is 1.59. The average molecular weight is 474 g/mol. The summed E-state index contributed by atoms with van der Waals surface area (Å²) >= 11 is 0. The van der Waals surface area contributed by atoms with Crippen LogP contribution in [-0.4, -0.2) is 19.3 Å². The second kappa shape index (κ2) is 8.26. The molecule has 0 atom stereocenters. The van der Waals surface area contributed by atoms with Gasteiger partial charge in [0.1, 0.15) is 5.69 Å². The number of fused-ring (bicyclic) bond motifs is 1. The van der Waals surface area contributed by atoms with E-state index in [9.17, 15) is 26.4 Å². The standard InChI is InChI=1S/C22H17F3N4O3S/c23-22(24,25)18-7-2-1-6-17(18)13-4-3-5-15(10-13)27-21(30)20-11-14-8-9-16(12-19(14)28-20)29-33(26,31)32/h1-12,28-29H,(H,27,30)(H2,26,31,32). The first-order chi connectivity index (χ1) is 15.5. The molecule has 0 aliphatic carbocycles. The molecule has 0 spiro atoms. The Kier molecular flexibility index (Phi) is 5.60. The fourth-order valence-corrected chi connectivity index (χ4v) is 3.88. The molecular formula is C22H17F3N4O3S. The minimum Gasteiger partial charge on any atom is -0.350 e. The highest BCUT2D eigenvalue weighted by Crippen LogP contribution is 2.37. The van der Waals surface area contributed by atoms with Gasteiger partial charge in [0.15, 0.2) is 0 Å². The van der Waals surface area contributed by atoms with E-state index in [4.69, 9.17) is 5.14 Å². The van der Waals surface area contributed by atoms with Gasteiger partial charge in [-0.15, -0.1) is 0 Å². The van der Waals surface area contributed by atoms with E-state index in [0.29, 0.717) is 22.2 Å². The quantitative estimate of drug-likeness (QED) is 0.335. The second-order valence-corrected chi connectivity index (χ2v) is 8.50. The highest BCUT2D eigenvalue weighted by Gasteiger charge is 2.33. The van der Waals surface area contributed by atoms with E-state index < -0.39 is 27.9 Å². The summed E-state index contributed by atoms with van der Waals surface area (Å²) in [6.07, 6.45) is -4.52. The summed E-state index contributed by atoms with van der Waals surface area (Å²) < 4.78 is 64.6. The van der Waals surface area contributed by atoms with Crippen LogP contribution in [0.4, 0.5) is 24.5 Å². The number of hydrogen-bond donors (Lipinski definition) is 4. The number of hydrogen-bond acceptors (Lipinski definition) is 3. The van der Waals surface area contributed by atoms with Gasteiger partial charge in [-0.25, -0.2) is 5.14 Å². The van der Waals surface area contributed by atoms with E-state index in [-0.39, 0.29) is 16.9 Å². The number of benzene rings is 3. The lowest BCUT2D eigenvalue weighted by Crippen LogP contribution is -2.21. The first-order valence-electron chi connectivity index (χ1n) is 9.51. The van der Waals surface area contributed by atoms with Crippen LogP contribution in [0.5, 0.6) is 0 Å². The second-order valence-electron chi connectivity index (χ2n) is 7.21. The van der Waals surface area contributed by atoms with E-state index in [2.05, 4.69) is 15.0 Å². The number of alkyl halides is 3. The number of carbonyl (C=O) groups excluding carboxylic acids is 1. The lowest BCUT2D eigenvalue weighted by atomic mass is 9.99. The maximum absolute atomic E-state index is 13.4. The van der Waals surface area contributed by atoms with E-state index in [1.54, 1.807) is 24.3 Å². The Bertz CT molecular complexity index is 1460. The van der Waals surface area contributed by atoms with Crippen molar-refractivity contribution in [2.75, 3.05) is 10.0 Å². The van der Waals surface area contributed by atoms with Gasteiger partial charge in [0.25, 0.3) is 16.1 Å². The van der Waals surface area contributed by atoms with Crippen LogP contribution in [-0.2, 0) is 16.4 Å². The Morgan fingerprint density at radius 1 is 0.909 bits per heavy atom. The average Bonchev–Trinajstić information content (AvgIpc) is 3.16. The van der Waals surface area contributed by atoms with Gasteiger partial charge in [0.2, 0.25) is 0 Å². The van der Waals surface area contributed by atoms with Gasteiger partial charge in [-0.2, -0.15) is 21.6 Å². The smallest absolute Gasteiger partial charge is 0.350 e. The number of aromatic nitrogens is 1. The predicted molar refractivity (Wildman–Crippen MR) is 120 cm³/mol. The summed E-state index contributed by atoms with van der Waals surface area (Å²) in [5.41, 5.74) is 0.728. The third-order valence-electron chi connectivity index (χ3n) is 4.79. The summed E-state index contributed by atoms with van der Waals surface area (Å²) in [6.45, 7) is 0. The van der Waals surface area contributed by atoms with E-state index in [1.165, 1.54) is 42.5 Å². The minimum atomic E-state index is -4.52. The summed E-state index contributed by atoms with van der Waals surface area (Å²) in [5.74, 6) is -0.520. The molecule has 0 saturated heterocycles. The molecular weight excluding hydrogens is 457 g/mol. The monoisotopic (exact) mass is 474 g/mol. The van der Waals surface area contributed by atoms with E-state index in [0.717, 1.165) is 6.07 Å². The number of nitrogens with two attached hydrogens (primary N) is 1. The normalized spacial score (nSPS) is 12.0. The van der Waals surface area contributed by atoms with Crippen LogP contribution < -0.4 is 15.2 Å². The van der Waals surface area contributed by atoms with Gasteiger partial charge >= 0.3 is 6.18 Å². The molecule has 0 saturated carbocycles. The number of rotatable bonds is 5. The number of amides is 1. The van der Waals surface area contributed by atoms with Crippen LogP contribution in [0.3, 0.4) is 0 Å². The lowest BCUT2D eigenvalue weighted by molar-refractivity contribution is -0.137. The lowest BCUT2D eigenvalue weighted by Gasteiger charge is -2.13. The number of H-pyrrole nitrogens is 1. The molecule has 5 N–H and O–H groups in total. The molecule has 4 rings (SSSR count). The van der Waals surface area contributed by atoms with Crippen molar-refractivity contribution in [3.8, 4) is 11.1 Å². The van der Waals surface area contributed by atoms with Gasteiger partial charge in [0.05, 0.1) is 11.3 Å². The molecule has 170 valence electrons. The molecule has 1 heterocycles. The first-order valence-corrected chi connectivity index (χ1v) is 11.1. The van der Waals surface area contributed by atoms with Crippen LogP contribution in [0.2, 0.25) is 0 Å². The van der Waals surface area contributed by atoms with Gasteiger partial charge in [-0.1, -0.05) is 36.4 Å². The van der Waals surface area contributed by atoms with Crippen molar-refractivity contribution in [2.24, 2.45) is 5.14 Å². The van der Waals surface area contributed by atoms with Crippen molar-refractivity contribution in [2.45, 2.75) is 6.18 Å². The highest BCUT2D eigenvalue weighted by atomic mass is 32.2. The fraction of sp³-hybridized carbons (Fsp3) is 0.0455. The zero-order valence-electron chi connectivity index (χ0n) is 16.8. The number of halogens is 3. The predicted octanol–water partition coefficient (Wildman–Crippen LogP) is 4.72. The SMILES string of the molecule is NS(=O)(=O)Nc1ccc2cc(C(=O)Nc3cccc(-c4ccccc4C(F)(F)F)c3)[nH]c2c1. The van der Waals surface area contributed by atoms with E-state index in [1.807, 2.05) is 0 Å². The highest BCUT2D eigenvalue weighted by molar-refractivity contribution is 7.90. The Labute approximate surface area is 186 Å². The number of carbonyl (C=O) groups is 1.